The molecule has 0 bridgehead atoms. The molecule has 2 aromatic carbocycles. The second-order valence-corrected chi connectivity index (χ2v) is 6.10. The number of carbonyl (C=O) groups is 1. The first-order valence-electron chi connectivity index (χ1n) is 7.75. The highest BCUT2D eigenvalue weighted by molar-refractivity contribution is 6.00. The van der Waals surface area contributed by atoms with Gasteiger partial charge in [0.2, 0.25) is 0 Å². The fourth-order valence-electron chi connectivity index (χ4n) is 2.42. The molecule has 0 aromatic heterocycles. The van der Waals surface area contributed by atoms with Crippen molar-refractivity contribution in [3.05, 3.63) is 59.7 Å². The number of fused-ring (bicyclic) bond motifs is 1. The molecule has 5 heteroatoms. The Morgan fingerprint density at radius 2 is 1.79 bits per heavy atom. The van der Waals surface area contributed by atoms with Gasteiger partial charge in [-0.15, -0.1) is 0 Å². The Hall–Kier alpha value is -2.79. The molecule has 0 fully saturated rings. The van der Waals surface area contributed by atoms with Crippen molar-refractivity contribution in [3.63, 3.8) is 0 Å². The van der Waals surface area contributed by atoms with E-state index in [1.807, 2.05) is 56.3 Å². The van der Waals surface area contributed by atoms with E-state index >= 15 is 0 Å². The number of hydrogen-bond acceptors (Lipinski definition) is 3. The van der Waals surface area contributed by atoms with Crippen LogP contribution in [0.15, 0.2) is 48.5 Å². The first kappa shape index (κ1) is 16.1. The van der Waals surface area contributed by atoms with Gasteiger partial charge in [0.1, 0.15) is 11.4 Å². The summed E-state index contributed by atoms with van der Waals surface area (Å²) in [6, 6.07) is 12.7. The normalized spacial score (nSPS) is 18.5. The van der Waals surface area contributed by atoms with Crippen LogP contribution in [0.5, 0.6) is 5.75 Å². The molecular weight excluding hydrogens is 304 g/mol. The van der Waals surface area contributed by atoms with Gasteiger partial charge in [-0.25, -0.2) is 4.79 Å². The summed E-state index contributed by atoms with van der Waals surface area (Å²) < 4.78 is 5.77. The van der Waals surface area contributed by atoms with Gasteiger partial charge in [0.25, 0.3) is 0 Å². The fraction of sp³-hybridized carbons (Fsp3) is 0.211. The topological polar surface area (TPSA) is 70.6 Å². The van der Waals surface area contributed by atoms with Crippen molar-refractivity contribution in [3.8, 4) is 5.75 Å². The van der Waals surface area contributed by atoms with Crippen molar-refractivity contribution < 1.29 is 14.6 Å². The average Bonchev–Trinajstić information content (AvgIpc) is 2.57. The van der Waals surface area contributed by atoms with Crippen LogP contribution in [-0.2, 0) is 0 Å². The number of anilines is 2. The second kappa shape index (κ2) is 6.37. The molecule has 0 spiro atoms. The minimum atomic E-state index is -0.704. The lowest BCUT2D eigenvalue weighted by atomic mass is 10.0. The fourth-order valence-corrected chi connectivity index (χ4v) is 2.42. The highest BCUT2D eigenvalue weighted by Gasteiger charge is 2.26. The smallest absolute Gasteiger partial charge is 0.323 e. The van der Waals surface area contributed by atoms with E-state index in [1.165, 1.54) is 0 Å². The highest BCUT2D eigenvalue weighted by Crippen LogP contribution is 2.32. The van der Waals surface area contributed by atoms with Crippen LogP contribution in [0, 0.1) is 6.92 Å². The van der Waals surface area contributed by atoms with Gasteiger partial charge in [-0.3, -0.25) is 0 Å². The summed E-state index contributed by atoms with van der Waals surface area (Å²) in [5.74, 6) is 0.679. The molecule has 3 N–H and O–H groups in total. The Balaban J connectivity index is 1.68. The number of aryl methyl sites for hydroxylation is 1. The maximum absolute atomic E-state index is 12.1. The minimum Gasteiger partial charge on any atom is -0.480 e. The van der Waals surface area contributed by atoms with Gasteiger partial charge in [-0.1, -0.05) is 23.8 Å². The summed E-state index contributed by atoms with van der Waals surface area (Å²) in [5.41, 5.74) is 2.69. The van der Waals surface area contributed by atoms with E-state index < -0.39 is 5.60 Å². The summed E-state index contributed by atoms with van der Waals surface area (Å²) in [6.45, 7) is 3.71. The van der Waals surface area contributed by atoms with Crippen LogP contribution in [0.3, 0.4) is 0 Å². The largest absolute Gasteiger partial charge is 0.480 e. The molecule has 1 heterocycles. The average molecular weight is 324 g/mol. The van der Waals surface area contributed by atoms with Crippen LogP contribution in [0.2, 0.25) is 0 Å². The molecule has 1 unspecified atom stereocenters. The van der Waals surface area contributed by atoms with Gasteiger partial charge in [0.15, 0.2) is 0 Å². The van der Waals surface area contributed by atoms with Crippen molar-refractivity contribution >= 4 is 23.5 Å². The van der Waals surface area contributed by atoms with Gasteiger partial charge < -0.3 is 20.5 Å². The monoisotopic (exact) mass is 324 g/mol. The van der Waals surface area contributed by atoms with Crippen LogP contribution in [0.4, 0.5) is 16.2 Å². The molecule has 5 nitrogen and oxygen atoms in total. The lowest BCUT2D eigenvalue weighted by Crippen LogP contribution is -2.35. The SMILES string of the molecule is Cc1ccc(NC(=O)Nc2ccc3c(c2)C=CC(C)(CO)O3)cc1. The molecule has 0 aliphatic carbocycles. The van der Waals surface area contributed by atoms with E-state index in [0.717, 1.165) is 16.8 Å². The van der Waals surface area contributed by atoms with Gasteiger partial charge in [0, 0.05) is 16.9 Å². The summed E-state index contributed by atoms with van der Waals surface area (Å²) >= 11 is 0. The number of hydrogen-bond donors (Lipinski definition) is 3. The second-order valence-electron chi connectivity index (χ2n) is 6.10. The number of carbonyl (C=O) groups excluding carboxylic acids is 1. The molecule has 1 atom stereocenters. The Labute approximate surface area is 141 Å². The zero-order chi connectivity index (χ0) is 17.2. The Morgan fingerprint density at radius 1 is 1.12 bits per heavy atom. The van der Waals surface area contributed by atoms with Crippen LogP contribution in [-0.4, -0.2) is 23.3 Å². The number of ether oxygens (including phenoxy) is 1. The third-order valence-electron chi connectivity index (χ3n) is 3.85. The Kier molecular flexibility index (Phi) is 4.27. The quantitative estimate of drug-likeness (QED) is 0.804. The molecule has 124 valence electrons. The third-order valence-corrected chi connectivity index (χ3v) is 3.85. The molecule has 0 saturated carbocycles. The number of aliphatic hydroxyl groups excluding tert-OH is 1. The minimum absolute atomic E-state index is 0.0953. The Morgan fingerprint density at radius 3 is 2.50 bits per heavy atom. The van der Waals surface area contributed by atoms with Crippen LogP contribution in [0.25, 0.3) is 6.08 Å². The lowest BCUT2D eigenvalue weighted by Gasteiger charge is -2.29. The van der Waals surface area contributed by atoms with Gasteiger partial charge in [-0.2, -0.15) is 0 Å². The van der Waals surface area contributed by atoms with Gasteiger partial charge >= 0.3 is 6.03 Å². The van der Waals surface area contributed by atoms with Crippen LogP contribution < -0.4 is 15.4 Å². The number of benzene rings is 2. The number of amides is 2. The zero-order valence-electron chi connectivity index (χ0n) is 13.7. The number of rotatable bonds is 3. The third kappa shape index (κ3) is 3.58. The summed E-state index contributed by atoms with van der Waals surface area (Å²) in [6.07, 6.45) is 3.70. The van der Waals surface area contributed by atoms with E-state index in [4.69, 9.17) is 4.74 Å². The summed E-state index contributed by atoms with van der Waals surface area (Å²) in [5, 5.41) is 15.0. The lowest BCUT2D eigenvalue weighted by molar-refractivity contribution is 0.0641. The van der Waals surface area contributed by atoms with E-state index in [1.54, 1.807) is 12.1 Å². The van der Waals surface area contributed by atoms with Crippen molar-refractivity contribution in [2.75, 3.05) is 17.2 Å². The summed E-state index contributed by atoms with van der Waals surface area (Å²) in [4.78, 5) is 12.1. The standard InChI is InChI=1S/C19H20N2O3/c1-13-3-5-15(6-4-13)20-18(23)21-16-7-8-17-14(11-16)9-10-19(2,12-22)24-17/h3-11,22H,12H2,1-2H3,(H2,20,21,23). The maximum atomic E-state index is 12.1. The molecule has 24 heavy (non-hydrogen) atoms. The maximum Gasteiger partial charge on any atom is 0.323 e. The van der Waals surface area contributed by atoms with E-state index in [0.29, 0.717) is 11.4 Å². The number of urea groups is 1. The van der Waals surface area contributed by atoms with E-state index in [9.17, 15) is 9.90 Å². The predicted molar refractivity (Wildman–Crippen MR) is 95.4 cm³/mol. The van der Waals surface area contributed by atoms with Crippen molar-refractivity contribution in [2.24, 2.45) is 0 Å². The molecule has 2 amide bonds. The Bertz CT molecular complexity index is 784. The molecule has 1 aliphatic heterocycles. The van der Waals surface area contributed by atoms with Crippen molar-refractivity contribution in [1.29, 1.82) is 0 Å². The van der Waals surface area contributed by atoms with Gasteiger partial charge in [0.05, 0.1) is 6.61 Å². The van der Waals surface area contributed by atoms with E-state index in [-0.39, 0.29) is 12.6 Å². The highest BCUT2D eigenvalue weighted by atomic mass is 16.5. The number of aliphatic hydroxyl groups is 1. The molecule has 3 rings (SSSR count). The molecule has 1 aliphatic rings. The van der Waals surface area contributed by atoms with Crippen LogP contribution in [0.1, 0.15) is 18.1 Å². The molecule has 2 aromatic rings. The molecular formula is C19H20N2O3. The predicted octanol–water partition coefficient (Wildman–Crippen LogP) is 3.80. The first-order chi connectivity index (χ1) is 11.5. The van der Waals surface area contributed by atoms with Crippen molar-refractivity contribution in [1.82, 2.24) is 0 Å². The van der Waals surface area contributed by atoms with Crippen molar-refractivity contribution in [2.45, 2.75) is 19.4 Å². The van der Waals surface area contributed by atoms with Crippen LogP contribution >= 0.6 is 0 Å². The molecule has 0 saturated heterocycles. The summed E-state index contributed by atoms with van der Waals surface area (Å²) in [7, 11) is 0. The van der Waals surface area contributed by atoms with Gasteiger partial charge in [-0.05, 0) is 50.3 Å². The first-order valence-corrected chi connectivity index (χ1v) is 7.75. The van der Waals surface area contributed by atoms with E-state index in [2.05, 4.69) is 10.6 Å². The number of nitrogens with one attached hydrogen (secondary N) is 2. The molecule has 0 radical (unpaired) electrons. The zero-order valence-corrected chi connectivity index (χ0v) is 13.7.